The van der Waals surface area contributed by atoms with Crippen molar-refractivity contribution in [3.05, 3.63) is 102 Å². The van der Waals surface area contributed by atoms with Crippen LogP contribution in [-0.2, 0) is 16.1 Å². The lowest BCUT2D eigenvalue weighted by molar-refractivity contribution is -0.930. The minimum atomic E-state index is -0.925. The molecule has 0 aliphatic carbocycles. The number of carbonyl (C=O) groups is 2. The number of carboxylic acid groups (broad SMARTS) is 1. The first-order valence-electron chi connectivity index (χ1n) is 16.7. The van der Waals surface area contributed by atoms with Crippen LogP contribution < -0.4 is 10.4 Å². The molecule has 0 atom stereocenters. The van der Waals surface area contributed by atoms with E-state index in [2.05, 4.69) is 86.8 Å². The number of amides is 1. The van der Waals surface area contributed by atoms with Gasteiger partial charge in [-0.2, -0.15) is 0 Å². The van der Waals surface area contributed by atoms with Crippen LogP contribution in [0.25, 0.3) is 0 Å². The molecule has 2 aromatic carbocycles. The van der Waals surface area contributed by atoms with Crippen LogP contribution in [0.15, 0.2) is 85.0 Å². The summed E-state index contributed by atoms with van der Waals surface area (Å²) < 4.78 is 0.765. The van der Waals surface area contributed by atoms with Crippen molar-refractivity contribution in [1.29, 1.82) is 0 Å². The Labute approximate surface area is 268 Å². The smallest absolute Gasteiger partial charge is 0.279 e. The molecule has 44 heavy (non-hydrogen) atoms. The molecule has 0 fully saturated rings. The Balaban J connectivity index is 0.000000449. The van der Waals surface area contributed by atoms with E-state index in [0.717, 1.165) is 85.9 Å². The molecule has 0 aliphatic heterocycles. The van der Waals surface area contributed by atoms with Crippen molar-refractivity contribution in [2.45, 2.75) is 105 Å². The van der Waals surface area contributed by atoms with E-state index in [1.54, 1.807) is 0 Å². The fraction of sp³-hybridized carbons (Fsp3) is 0.487. The first kappa shape index (κ1) is 38.6. The van der Waals surface area contributed by atoms with Crippen LogP contribution >= 0.6 is 0 Å². The number of rotatable bonds is 20. The van der Waals surface area contributed by atoms with Crippen molar-refractivity contribution in [2.24, 2.45) is 0 Å². The fourth-order valence-corrected chi connectivity index (χ4v) is 5.08. The molecule has 0 bridgehead atoms. The van der Waals surface area contributed by atoms with Crippen molar-refractivity contribution in [1.82, 2.24) is 0 Å². The Morgan fingerprint density at radius 1 is 0.727 bits per heavy atom. The molecule has 1 amide bonds. The Morgan fingerprint density at radius 2 is 1.30 bits per heavy atom. The number of nitrogens with zero attached hydrogens (tertiary/aromatic N) is 1. The van der Waals surface area contributed by atoms with Gasteiger partial charge < -0.3 is 19.7 Å². The van der Waals surface area contributed by atoms with E-state index < -0.39 is 5.97 Å². The Hall–Kier alpha value is -3.44. The number of para-hydroxylation sites is 1. The monoisotopic (exact) mass is 602 g/mol. The lowest BCUT2D eigenvalue weighted by atomic mass is 10.1. The molecule has 0 radical (unpaired) electrons. The molecular weight excluding hydrogens is 544 g/mol. The minimum absolute atomic E-state index is 0.0898. The second-order valence-corrected chi connectivity index (χ2v) is 11.6. The van der Waals surface area contributed by atoms with Gasteiger partial charge in [0, 0.05) is 17.2 Å². The highest BCUT2D eigenvalue weighted by Gasteiger charge is 2.27. The third kappa shape index (κ3) is 17.6. The number of nitrogens with one attached hydrogen (secondary N) is 1. The van der Waals surface area contributed by atoms with Crippen LogP contribution in [0, 0.1) is 13.8 Å². The molecule has 0 aliphatic rings. The van der Waals surface area contributed by atoms with Gasteiger partial charge in [-0.3, -0.25) is 4.79 Å². The maximum Gasteiger partial charge on any atom is 0.279 e. The second-order valence-electron chi connectivity index (χ2n) is 11.6. The highest BCUT2D eigenvalue weighted by molar-refractivity contribution is 5.93. The van der Waals surface area contributed by atoms with Gasteiger partial charge in [0.2, 0.25) is 0 Å². The molecule has 0 heterocycles. The number of aryl methyl sites for hydroxylation is 2. The lowest BCUT2D eigenvalue weighted by Gasteiger charge is -2.36. The van der Waals surface area contributed by atoms with Crippen LogP contribution in [0.4, 0.5) is 5.69 Å². The quantitative estimate of drug-likeness (QED) is 0.0937. The molecule has 0 unspecified atom stereocenters. The summed E-state index contributed by atoms with van der Waals surface area (Å²) in [5.41, 5.74) is 4.45. The molecule has 242 valence electrons. The van der Waals surface area contributed by atoms with Gasteiger partial charge >= 0.3 is 0 Å². The number of hydrogen-bond donors (Lipinski definition) is 1. The van der Waals surface area contributed by atoms with Crippen LogP contribution in [0.3, 0.4) is 0 Å². The van der Waals surface area contributed by atoms with Crippen LogP contribution in [0.2, 0.25) is 0 Å². The standard InChI is InChI=1S/C21H28N2O.C18H30O2/c1-5-23(6-2,15-19-13-8-7-9-14-19)16-20(24)22-21-17(3)11-10-12-18(21)4;1-2-3-4-5-6-7-8-9-10-11-12-13-14-15-16-17-18(19)20/h7-14H,5-6,15-16H2,1-4H3;3-4,6-7,9-10H,2,5,8,11-17H2,1H3,(H,19,20)/b;4-3-,7-6-,10-9-. The third-order valence-corrected chi connectivity index (χ3v) is 7.96. The van der Waals surface area contributed by atoms with Crippen LogP contribution in [0.1, 0.15) is 102 Å². The number of allylic oxidation sites excluding steroid dienone is 6. The van der Waals surface area contributed by atoms with Gasteiger partial charge in [0.05, 0.1) is 13.1 Å². The summed E-state index contributed by atoms with van der Waals surface area (Å²) in [6, 6.07) is 16.5. The van der Waals surface area contributed by atoms with E-state index in [-0.39, 0.29) is 12.3 Å². The van der Waals surface area contributed by atoms with Gasteiger partial charge in [-0.15, -0.1) is 0 Å². The summed E-state index contributed by atoms with van der Waals surface area (Å²) in [6.07, 6.45) is 23.0. The topological polar surface area (TPSA) is 69.2 Å². The summed E-state index contributed by atoms with van der Waals surface area (Å²) in [5, 5.41) is 13.3. The van der Waals surface area contributed by atoms with Gasteiger partial charge in [0.1, 0.15) is 6.54 Å². The zero-order valence-electron chi connectivity index (χ0n) is 28.2. The van der Waals surface area contributed by atoms with E-state index in [9.17, 15) is 14.7 Å². The minimum Gasteiger partial charge on any atom is -0.550 e. The zero-order chi connectivity index (χ0) is 32.5. The molecule has 2 aromatic rings. The van der Waals surface area contributed by atoms with E-state index in [1.165, 1.54) is 18.4 Å². The van der Waals surface area contributed by atoms with Crippen molar-refractivity contribution >= 4 is 17.6 Å². The first-order chi connectivity index (χ1) is 21.3. The Bertz CT molecular complexity index is 1130. The van der Waals surface area contributed by atoms with Crippen molar-refractivity contribution in [2.75, 3.05) is 25.0 Å². The van der Waals surface area contributed by atoms with Gasteiger partial charge in [0.25, 0.3) is 5.91 Å². The Kier molecular flexibility index (Phi) is 21.0. The number of aliphatic carboxylic acids is 1. The van der Waals surface area contributed by atoms with Crippen molar-refractivity contribution < 1.29 is 19.2 Å². The average molecular weight is 603 g/mol. The second kappa shape index (κ2) is 23.9. The number of quaternary nitrogens is 1. The van der Waals surface area contributed by atoms with Crippen molar-refractivity contribution in [3.63, 3.8) is 0 Å². The predicted molar refractivity (Wildman–Crippen MR) is 185 cm³/mol. The largest absolute Gasteiger partial charge is 0.550 e. The lowest BCUT2D eigenvalue weighted by Crippen LogP contribution is -2.51. The summed E-state index contributed by atoms with van der Waals surface area (Å²) in [4.78, 5) is 22.9. The summed E-state index contributed by atoms with van der Waals surface area (Å²) in [5.74, 6) is -0.835. The molecule has 5 heteroatoms. The summed E-state index contributed by atoms with van der Waals surface area (Å²) >= 11 is 0. The fourth-order valence-electron chi connectivity index (χ4n) is 5.08. The normalized spacial score (nSPS) is 11.7. The van der Waals surface area contributed by atoms with E-state index in [4.69, 9.17) is 0 Å². The highest BCUT2D eigenvalue weighted by atomic mass is 16.4. The van der Waals surface area contributed by atoms with E-state index >= 15 is 0 Å². The first-order valence-corrected chi connectivity index (χ1v) is 16.7. The molecule has 2 rings (SSSR count). The molecule has 1 N–H and O–H groups in total. The third-order valence-electron chi connectivity index (χ3n) is 7.96. The average Bonchev–Trinajstić information content (AvgIpc) is 3.01. The summed E-state index contributed by atoms with van der Waals surface area (Å²) in [7, 11) is 0. The SMILES string of the molecule is CC/C=C\C/C=C\C/C=C\CCCCCCCC(=O)[O-].CC[N+](CC)(CC(=O)Nc1c(C)cccc1C)Cc1ccccc1. The predicted octanol–water partition coefficient (Wildman–Crippen LogP) is 8.62. The number of carboxylic acids is 1. The molecular formula is C39H58N2O3. The number of likely N-dealkylation sites (N-methyl/N-ethyl adjacent to an activating group) is 1. The molecule has 0 spiro atoms. The number of benzene rings is 2. The van der Waals surface area contributed by atoms with Gasteiger partial charge in [-0.1, -0.05) is 111 Å². The van der Waals surface area contributed by atoms with Gasteiger partial charge in [-0.05, 0) is 83.8 Å². The zero-order valence-corrected chi connectivity index (χ0v) is 28.2. The number of hydrogen-bond acceptors (Lipinski definition) is 3. The molecule has 5 nitrogen and oxygen atoms in total. The Morgan fingerprint density at radius 3 is 1.89 bits per heavy atom. The number of anilines is 1. The molecule has 0 saturated carbocycles. The van der Waals surface area contributed by atoms with Crippen LogP contribution in [-0.4, -0.2) is 36.0 Å². The molecule has 0 saturated heterocycles. The van der Waals surface area contributed by atoms with Crippen molar-refractivity contribution in [3.8, 4) is 0 Å². The van der Waals surface area contributed by atoms with Gasteiger partial charge in [0.15, 0.2) is 6.54 Å². The maximum absolute atomic E-state index is 12.7. The van der Waals surface area contributed by atoms with E-state index in [0.29, 0.717) is 6.54 Å². The van der Waals surface area contributed by atoms with Gasteiger partial charge in [-0.25, -0.2) is 0 Å². The van der Waals surface area contributed by atoms with E-state index in [1.807, 2.05) is 38.1 Å². The number of unbranched alkanes of at least 4 members (excludes halogenated alkanes) is 5. The highest BCUT2D eigenvalue weighted by Crippen LogP contribution is 2.21. The number of carbonyl (C=O) groups excluding carboxylic acids is 2. The summed E-state index contributed by atoms with van der Waals surface area (Å²) in [6.45, 7) is 13.8. The molecule has 0 aromatic heterocycles. The maximum atomic E-state index is 12.7. The van der Waals surface area contributed by atoms with Crippen LogP contribution in [0.5, 0.6) is 0 Å².